The molecule has 0 radical (unpaired) electrons. The van der Waals surface area contributed by atoms with Crippen LogP contribution in [-0.4, -0.2) is 0 Å². The Hall–Kier alpha value is -2.11. The van der Waals surface area contributed by atoms with E-state index in [0.717, 1.165) is 12.1 Å². The molecular weight excluding hydrogens is 235 g/mol. The monoisotopic (exact) mass is 241 g/mol. The molecule has 17 heavy (non-hydrogen) atoms. The zero-order valence-electron chi connectivity index (χ0n) is 8.34. The molecule has 0 saturated heterocycles. The van der Waals surface area contributed by atoms with E-state index < -0.39 is 28.3 Å². The highest BCUT2D eigenvalue weighted by atomic mass is 19.4. The minimum Gasteiger partial charge on any atom is -0.395 e. The van der Waals surface area contributed by atoms with Gasteiger partial charge in [0.25, 0.3) is 0 Å². The van der Waals surface area contributed by atoms with Crippen LogP contribution in [0.4, 0.5) is 18.9 Å². The predicted molar refractivity (Wildman–Crippen MR) is 56.2 cm³/mol. The number of hydrogen-bond acceptors (Lipinski definition) is 3. The normalized spacial score (nSPS) is 11.9. The molecule has 0 saturated carbocycles. The third-order valence-corrected chi connectivity index (χ3v) is 2.45. The largest absolute Gasteiger partial charge is 0.417 e. The molecular formula is C11H6F3NO2. The van der Waals surface area contributed by atoms with Gasteiger partial charge in [-0.25, -0.2) is 0 Å². The standard InChI is InChI=1S/C11H6F3NO2/c12-11(13,14)6-4-2-1-3-5(6)7-8(15)10(17)9(7)16/h1-4H,15H2. The van der Waals surface area contributed by atoms with E-state index in [1.54, 1.807) is 0 Å². The fourth-order valence-corrected chi connectivity index (χ4v) is 1.62. The Morgan fingerprint density at radius 1 is 1.00 bits per heavy atom. The number of benzene rings is 1. The molecule has 2 rings (SSSR count). The lowest BCUT2D eigenvalue weighted by molar-refractivity contribution is -0.137. The second-order valence-corrected chi connectivity index (χ2v) is 3.49. The van der Waals surface area contributed by atoms with Crippen molar-refractivity contribution < 1.29 is 13.2 Å². The molecule has 6 heteroatoms. The molecule has 0 amide bonds. The maximum absolute atomic E-state index is 12.7. The van der Waals surface area contributed by atoms with Gasteiger partial charge in [-0.3, -0.25) is 9.59 Å². The van der Waals surface area contributed by atoms with E-state index in [1.165, 1.54) is 12.1 Å². The first-order valence-corrected chi connectivity index (χ1v) is 4.59. The third kappa shape index (κ3) is 1.61. The number of rotatable bonds is 1. The van der Waals surface area contributed by atoms with Gasteiger partial charge in [0.2, 0.25) is 10.9 Å². The minimum atomic E-state index is -4.59. The van der Waals surface area contributed by atoms with Crippen LogP contribution in [0.15, 0.2) is 33.9 Å². The van der Waals surface area contributed by atoms with Crippen LogP contribution in [-0.2, 0) is 6.18 Å². The summed E-state index contributed by atoms with van der Waals surface area (Å²) in [7, 11) is 0. The van der Waals surface area contributed by atoms with Crippen molar-refractivity contribution in [1.29, 1.82) is 0 Å². The van der Waals surface area contributed by atoms with E-state index in [1.807, 2.05) is 0 Å². The van der Waals surface area contributed by atoms with Crippen molar-refractivity contribution in [1.82, 2.24) is 0 Å². The molecule has 0 fully saturated rings. The van der Waals surface area contributed by atoms with Gasteiger partial charge in [-0.05, 0) is 6.07 Å². The van der Waals surface area contributed by atoms with Gasteiger partial charge in [0.1, 0.15) is 0 Å². The highest BCUT2D eigenvalue weighted by Gasteiger charge is 2.35. The molecule has 0 spiro atoms. The third-order valence-electron chi connectivity index (χ3n) is 2.45. The van der Waals surface area contributed by atoms with Crippen molar-refractivity contribution in [2.24, 2.45) is 0 Å². The summed E-state index contributed by atoms with van der Waals surface area (Å²) in [5.41, 5.74) is 1.26. The molecule has 0 aliphatic rings. The minimum absolute atomic E-state index is 0.345. The molecule has 0 aromatic heterocycles. The van der Waals surface area contributed by atoms with Gasteiger partial charge < -0.3 is 5.73 Å². The molecule has 2 aromatic rings. The second kappa shape index (κ2) is 3.44. The Morgan fingerprint density at radius 3 is 2.12 bits per heavy atom. The fraction of sp³-hybridized carbons (Fsp3) is 0.0909. The fourth-order valence-electron chi connectivity index (χ4n) is 1.62. The van der Waals surface area contributed by atoms with Crippen molar-refractivity contribution in [3.05, 3.63) is 50.3 Å². The quantitative estimate of drug-likeness (QED) is 0.770. The van der Waals surface area contributed by atoms with Gasteiger partial charge in [0, 0.05) is 5.56 Å². The summed E-state index contributed by atoms with van der Waals surface area (Å²) in [6, 6.07) is 4.51. The van der Waals surface area contributed by atoms with Crippen molar-refractivity contribution in [2.75, 3.05) is 5.73 Å². The number of hydrogen-bond donors (Lipinski definition) is 1. The van der Waals surface area contributed by atoms with Crippen molar-refractivity contribution in [2.45, 2.75) is 6.18 Å². The van der Waals surface area contributed by atoms with Crippen molar-refractivity contribution >= 4 is 5.69 Å². The summed E-state index contributed by atoms with van der Waals surface area (Å²) in [4.78, 5) is 22.1. The molecule has 3 nitrogen and oxygen atoms in total. The van der Waals surface area contributed by atoms with Crippen LogP contribution in [0.25, 0.3) is 11.1 Å². The first-order valence-electron chi connectivity index (χ1n) is 4.59. The Bertz CT molecular complexity index is 651. The van der Waals surface area contributed by atoms with Gasteiger partial charge >= 0.3 is 6.18 Å². The van der Waals surface area contributed by atoms with Crippen LogP contribution in [0.2, 0.25) is 0 Å². The molecule has 0 bridgehead atoms. The second-order valence-electron chi connectivity index (χ2n) is 3.49. The summed E-state index contributed by atoms with van der Waals surface area (Å²) >= 11 is 0. The van der Waals surface area contributed by atoms with E-state index in [0.29, 0.717) is 0 Å². The summed E-state index contributed by atoms with van der Waals surface area (Å²) in [5.74, 6) is 0. The average Bonchev–Trinajstić information content (AvgIpc) is 2.28. The van der Waals surface area contributed by atoms with Crippen LogP contribution in [0, 0.1) is 0 Å². The molecule has 0 heterocycles. The Balaban J connectivity index is 2.71. The van der Waals surface area contributed by atoms with E-state index in [9.17, 15) is 22.8 Å². The molecule has 2 aromatic carbocycles. The van der Waals surface area contributed by atoms with Gasteiger partial charge in [0.15, 0.2) is 0 Å². The summed E-state index contributed by atoms with van der Waals surface area (Å²) in [6.45, 7) is 0. The molecule has 0 aliphatic carbocycles. The highest BCUT2D eigenvalue weighted by Crippen LogP contribution is 2.37. The summed E-state index contributed by atoms with van der Waals surface area (Å²) in [6.07, 6.45) is -4.59. The lowest BCUT2D eigenvalue weighted by Crippen LogP contribution is -2.36. The highest BCUT2D eigenvalue weighted by molar-refractivity contribution is 5.82. The van der Waals surface area contributed by atoms with Crippen LogP contribution >= 0.6 is 0 Å². The maximum atomic E-state index is 12.7. The van der Waals surface area contributed by atoms with E-state index in [2.05, 4.69) is 0 Å². The van der Waals surface area contributed by atoms with Gasteiger partial charge in [-0.2, -0.15) is 13.2 Å². The number of nitrogens with two attached hydrogens (primary N) is 1. The lowest BCUT2D eigenvalue weighted by atomic mass is 9.94. The van der Waals surface area contributed by atoms with Crippen LogP contribution in [0.5, 0.6) is 0 Å². The predicted octanol–water partition coefficient (Wildman–Crippen LogP) is 1.55. The molecule has 0 unspecified atom stereocenters. The molecule has 2 N–H and O–H groups in total. The van der Waals surface area contributed by atoms with E-state index >= 15 is 0 Å². The van der Waals surface area contributed by atoms with Gasteiger partial charge in [-0.15, -0.1) is 0 Å². The number of alkyl halides is 3. The van der Waals surface area contributed by atoms with Crippen LogP contribution < -0.4 is 16.6 Å². The topological polar surface area (TPSA) is 60.2 Å². The lowest BCUT2D eigenvalue weighted by Gasteiger charge is -2.14. The van der Waals surface area contributed by atoms with Gasteiger partial charge in [0.05, 0.1) is 16.8 Å². The van der Waals surface area contributed by atoms with Gasteiger partial charge in [-0.1, -0.05) is 18.2 Å². The maximum Gasteiger partial charge on any atom is 0.417 e. The smallest absolute Gasteiger partial charge is 0.395 e. The Labute approximate surface area is 93.0 Å². The Morgan fingerprint density at radius 2 is 1.59 bits per heavy atom. The van der Waals surface area contributed by atoms with Crippen LogP contribution in [0.1, 0.15) is 5.56 Å². The zero-order chi connectivity index (χ0) is 12.8. The first-order chi connectivity index (χ1) is 7.84. The summed E-state index contributed by atoms with van der Waals surface area (Å²) < 4.78 is 38.0. The average molecular weight is 241 g/mol. The number of halogens is 3. The van der Waals surface area contributed by atoms with Crippen LogP contribution in [0.3, 0.4) is 0 Å². The molecule has 0 aliphatic heterocycles. The van der Waals surface area contributed by atoms with E-state index in [-0.39, 0.29) is 11.1 Å². The van der Waals surface area contributed by atoms with E-state index in [4.69, 9.17) is 5.73 Å². The summed E-state index contributed by atoms with van der Waals surface area (Å²) in [5, 5.41) is 0. The van der Waals surface area contributed by atoms with Crippen molar-refractivity contribution in [3.8, 4) is 11.1 Å². The molecule has 0 atom stereocenters. The zero-order valence-corrected chi connectivity index (χ0v) is 8.34. The molecule has 88 valence electrons. The number of nitrogen functional groups attached to an aromatic ring is 1. The SMILES string of the molecule is Nc1c(-c2ccccc2C(F)(F)F)c(=O)c1=O. The number of anilines is 1. The first kappa shape index (κ1) is 11.4. The Kier molecular flexibility index (Phi) is 2.30. The van der Waals surface area contributed by atoms with Crippen molar-refractivity contribution in [3.63, 3.8) is 0 Å².